The lowest BCUT2D eigenvalue weighted by molar-refractivity contribution is -0.120. The van der Waals surface area contributed by atoms with E-state index < -0.39 is 0 Å². The van der Waals surface area contributed by atoms with Crippen molar-refractivity contribution in [1.29, 1.82) is 0 Å². The monoisotopic (exact) mass is 230 g/mol. The quantitative estimate of drug-likeness (QED) is 0.765. The second kappa shape index (κ2) is 4.29. The Kier molecular flexibility index (Phi) is 3.11. The molecule has 0 radical (unpaired) electrons. The first-order valence-corrected chi connectivity index (χ1v) is 6.56. The van der Waals surface area contributed by atoms with Crippen LogP contribution in [-0.4, -0.2) is 5.78 Å². The predicted molar refractivity (Wildman–Crippen MR) is 71.3 cm³/mol. The lowest BCUT2D eigenvalue weighted by Gasteiger charge is -2.19. The van der Waals surface area contributed by atoms with Crippen molar-refractivity contribution >= 4 is 5.78 Å². The smallest absolute Gasteiger partial charge is 0.136 e. The first-order valence-electron chi connectivity index (χ1n) is 6.56. The standard InChI is InChI=1S/C16H22O/c1-5-15(17)14-10-13(14)11-6-8-12(9-7-11)16(2,3)4/h6-9,13-14H,5,10H2,1-4H3. The molecule has 17 heavy (non-hydrogen) atoms. The van der Waals surface area contributed by atoms with E-state index in [0.717, 1.165) is 6.42 Å². The Balaban J connectivity index is 2.08. The van der Waals surface area contributed by atoms with Crippen molar-refractivity contribution < 1.29 is 4.79 Å². The summed E-state index contributed by atoms with van der Waals surface area (Å²) in [6, 6.07) is 8.82. The molecule has 0 aromatic heterocycles. The third-order valence-electron chi connectivity index (χ3n) is 3.76. The Labute approximate surface area is 104 Å². The maximum atomic E-state index is 11.6. The first-order chi connectivity index (χ1) is 7.93. The van der Waals surface area contributed by atoms with E-state index in [4.69, 9.17) is 0 Å². The molecule has 1 heteroatoms. The molecular formula is C16H22O. The minimum atomic E-state index is 0.209. The van der Waals surface area contributed by atoms with Gasteiger partial charge in [0.25, 0.3) is 0 Å². The molecule has 92 valence electrons. The van der Waals surface area contributed by atoms with Crippen LogP contribution in [0.25, 0.3) is 0 Å². The van der Waals surface area contributed by atoms with E-state index >= 15 is 0 Å². The number of rotatable bonds is 3. The molecule has 0 heterocycles. The highest BCUT2D eigenvalue weighted by Gasteiger charge is 2.42. The minimum Gasteiger partial charge on any atom is -0.299 e. The molecule has 0 saturated heterocycles. The highest BCUT2D eigenvalue weighted by atomic mass is 16.1. The number of benzene rings is 1. The molecule has 0 amide bonds. The normalized spacial score (nSPS) is 23.5. The largest absolute Gasteiger partial charge is 0.299 e. The Morgan fingerprint density at radius 3 is 2.29 bits per heavy atom. The summed E-state index contributed by atoms with van der Waals surface area (Å²) in [6.07, 6.45) is 1.74. The van der Waals surface area contributed by atoms with Crippen molar-refractivity contribution in [1.82, 2.24) is 0 Å². The molecule has 0 spiro atoms. The molecule has 2 atom stereocenters. The summed E-state index contributed by atoms with van der Waals surface area (Å²) in [7, 11) is 0. The third kappa shape index (κ3) is 2.59. The Morgan fingerprint density at radius 2 is 1.82 bits per heavy atom. The van der Waals surface area contributed by atoms with Crippen LogP contribution in [0.2, 0.25) is 0 Å². The second-order valence-electron chi connectivity index (χ2n) is 6.14. The molecule has 1 aromatic rings. The summed E-state index contributed by atoms with van der Waals surface area (Å²) in [4.78, 5) is 11.6. The van der Waals surface area contributed by atoms with Gasteiger partial charge < -0.3 is 0 Å². The van der Waals surface area contributed by atoms with Gasteiger partial charge in [-0.25, -0.2) is 0 Å². The van der Waals surface area contributed by atoms with Gasteiger partial charge >= 0.3 is 0 Å². The van der Waals surface area contributed by atoms with Crippen LogP contribution in [-0.2, 0) is 10.2 Å². The zero-order valence-corrected chi connectivity index (χ0v) is 11.3. The zero-order valence-electron chi connectivity index (χ0n) is 11.3. The van der Waals surface area contributed by atoms with Crippen molar-refractivity contribution in [2.75, 3.05) is 0 Å². The number of carbonyl (C=O) groups excluding carboxylic acids is 1. The molecule has 1 aliphatic carbocycles. The molecule has 1 aliphatic rings. The summed E-state index contributed by atoms with van der Waals surface area (Å²) >= 11 is 0. The second-order valence-corrected chi connectivity index (χ2v) is 6.14. The van der Waals surface area contributed by atoms with Crippen molar-refractivity contribution in [2.24, 2.45) is 5.92 Å². The average molecular weight is 230 g/mol. The van der Waals surface area contributed by atoms with Crippen LogP contribution in [0.15, 0.2) is 24.3 Å². The topological polar surface area (TPSA) is 17.1 Å². The van der Waals surface area contributed by atoms with Crippen LogP contribution in [0, 0.1) is 5.92 Å². The summed E-state index contributed by atoms with van der Waals surface area (Å²) < 4.78 is 0. The Morgan fingerprint density at radius 1 is 1.24 bits per heavy atom. The number of Topliss-reactive ketones (excluding diaryl/α,β-unsaturated/α-hetero) is 1. The highest BCUT2D eigenvalue weighted by molar-refractivity contribution is 5.84. The molecular weight excluding hydrogens is 208 g/mol. The number of ketones is 1. The average Bonchev–Trinajstić information content (AvgIpc) is 3.07. The van der Waals surface area contributed by atoms with Gasteiger partial charge in [-0.05, 0) is 28.9 Å². The molecule has 0 aliphatic heterocycles. The highest BCUT2D eigenvalue weighted by Crippen LogP contribution is 2.48. The lowest BCUT2D eigenvalue weighted by atomic mass is 9.86. The summed E-state index contributed by atoms with van der Waals surface area (Å²) in [5.74, 6) is 1.23. The van der Waals surface area contributed by atoms with Crippen LogP contribution >= 0.6 is 0 Å². The Bertz CT molecular complexity index is 408. The van der Waals surface area contributed by atoms with Gasteiger partial charge in [0.05, 0.1) is 0 Å². The van der Waals surface area contributed by atoms with Crippen molar-refractivity contribution in [3.8, 4) is 0 Å². The van der Waals surface area contributed by atoms with E-state index in [1.165, 1.54) is 11.1 Å². The maximum Gasteiger partial charge on any atom is 0.136 e. The van der Waals surface area contributed by atoms with Gasteiger partial charge in [-0.2, -0.15) is 0 Å². The van der Waals surface area contributed by atoms with Gasteiger partial charge in [0.1, 0.15) is 5.78 Å². The molecule has 1 aromatic carbocycles. The van der Waals surface area contributed by atoms with Crippen LogP contribution in [0.5, 0.6) is 0 Å². The number of carbonyl (C=O) groups is 1. The van der Waals surface area contributed by atoms with Crippen LogP contribution in [0.4, 0.5) is 0 Å². The fourth-order valence-corrected chi connectivity index (χ4v) is 2.41. The van der Waals surface area contributed by atoms with E-state index in [-0.39, 0.29) is 5.41 Å². The molecule has 2 rings (SSSR count). The SMILES string of the molecule is CCC(=O)C1CC1c1ccc(C(C)(C)C)cc1. The third-order valence-corrected chi connectivity index (χ3v) is 3.76. The van der Waals surface area contributed by atoms with Crippen molar-refractivity contribution in [3.05, 3.63) is 35.4 Å². The molecule has 1 fully saturated rings. The first kappa shape index (κ1) is 12.3. The maximum absolute atomic E-state index is 11.6. The molecule has 1 nitrogen and oxygen atoms in total. The van der Waals surface area contributed by atoms with E-state index in [9.17, 15) is 4.79 Å². The van der Waals surface area contributed by atoms with Crippen molar-refractivity contribution in [2.45, 2.75) is 51.9 Å². The van der Waals surface area contributed by atoms with E-state index in [1.807, 2.05) is 6.92 Å². The van der Waals surface area contributed by atoms with Crippen LogP contribution < -0.4 is 0 Å². The molecule has 0 bridgehead atoms. The summed E-state index contributed by atoms with van der Waals surface area (Å²) in [5, 5.41) is 0. The number of hydrogen-bond acceptors (Lipinski definition) is 1. The van der Waals surface area contributed by atoms with Crippen molar-refractivity contribution in [3.63, 3.8) is 0 Å². The molecule has 0 N–H and O–H groups in total. The lowest BCUT2D eigenvalue weighted by Crippen LogP contribution is -2.10. The van der Waals surface area contributed by atoms with E-state index in [0.29, 0.717) is 24.0 Å². The summed E-state index contributed by atoms with van der Waals surface area (Å²) in [6.45, 7) is 8.63. The fraction of sp³-hybridized carbons (Fsp3) is 0.562. The van der Waals surface area contributed by atoms with Gasteiger partial charge in [0, 0.05) is 12.3 Å². The van der Waals surface area contributed by atoms with Gasteiger partial charge in [0.2, 0.25) is 0 Å². The van der Waals surface area contributed by atoms with Crippen LogP contribution in [0.1, 0.15) is 57.6 Å². The van der Waals surface area contributed by atoms with Crippen LogP contribution in [0.3, 0.4) is 0 Å². The van der Waals surface area contributed by atoms with Gasteiger partial charge in [-0.15, -0.1) is 0 Å². The zero-order chi connectivity index (χ0) is 12.6. The fourth-order valence-electron chi connectivity index (χ4n) is 2.41. The van der Waals surface area contributed by atoms with Gasteiger partial charge in [-0.3, -0.25) is 4.79 Å². The van der Waals surface area contributed by atoms with E-state index in [2.05, 4.69) is 45.0 Å². The minimum absolute atomic E-state index is 0.209. The number of hydrogen-bond donors (Lipinski definition) is 0. The van der Waals surface area contributed by atoms with Gasteiger partial charge in [-0.1, -0.05) is 52.0 Å². The molecule has 2 unspecified atom stereocenters. The predicted octanol–water partition coefficient (Wildman–Crippen LogP) is 4.07. The summed E-state index contributed by atoms with van der Waals surface area (Å²) in [5.41, 5.74) is 2.91. The van der Waals surface area contributed by atoms with E-state index in [1.54, 1.807) is 0 Å². The molecule has 1 saturated carbocycles. The van der Waals surface area contributed by atoms with Gasteiger partial charge in [0.15, 0.2) is 0 Å². The Hall–Kier alpha value is -1.11.